The van der Waals surface area contributed by atoms with Crippen molar-refractivity contribution < 1.29 is 0 Å². The zero-order chi connectivity index (χ0) is 16.1. The van der Waals surface area contributed by atoms with E-state index in [0.29, 0.717) is 16.7 Å². The second-order valence-corrected chi connectivity index (χ2v) is 5.72. The van der Waals surface area contributed by atoms with E-state index in [1.54, 1.807) is 11.7 Å². The summed E-state index contributed by atoms with van der Waals surface area (Å²) in [5.74, 6) is 0.734. The molecular weight excluding hydrogens is 450 g/mol. The van der Waals surface area contributed by atoms with Gasteiger partial charge in [0.15, 0.2) is 5.96 Å². The standard InChI is InChI=1S/C14H20Cl2N6.HI/c1-17-14(18-5-4-10-7-20-21(2)9-10)19-8-11-6-12(15)13(16)22(11)3;/h6-7,9H,4-5,8H2,1-3H3,(H2,17,18,19);1H. The van der Waals surface area contributed by atoms with Crippen molar-refractivity contribution in [3.63, 3.8) is 0 Å². The van der Waals surface area contributed by atoms with E-state index in [1.807, 2.05) is 37.1 Å². The molecule has 0 saturated carbocycles. The van der Waals surface area contributed by atoms with Crippen LogP contribution in [0.5, 0.6) is 0 Å². The van der Waals surface area contributed by atoms with Gasteiger partial charge in [-0.1, -0.05) is 23.2 Å². The number of aryl methyl sites for hydroxylation is 1. The zero-order valence-electron chi connectivity index (χ0n) is 13.3. The Morgan fingerprint density at radius 3 is 2.57 bits per heavy atom. The molecule has 2 aromatic rings. The van der Waals surface area contributed by atoms with Crippen LogP contribution in [-0.2, 0) is 27.1 Å². The number of rotatable bonds is 5. The van der Waals surface area contributed by atoms with Gasteiger partial charge in [0, 0.05) is 39.6 Å². The van der Waals surface area contributed by atoms with E-state index in [2.05, 4.69) is 20.7 Å². The molecule has 0 bridgehead atoms. The predicted molar refractivity (Wildman–Crippen MR) is 106 cm³/mol. The van der Waals surface area contributed by atoms with Crippen LogP contribution in [0.15, 0.2) is 23.5 Å². The van der Waals surface area contributed by atoms with Crippen molar-refractivity contribution in [3.05, 3.63) is 39.9 Å². The van der Waals surface area contributed by atoms with Gasteiger partial charge in [-0.05, 0) is 18.1 Å². The molecule has 2 heterocycles. The largest absolute Gasteiger partial charge is 0.356 e. The van der Waals surface area contributed by atoms with Crippen LogP contribution in [0.3, 0.4) is 0 Å². The predicted octanol–water partition coefficient (Wildman–Crippen LogP) is 2.59. The van der Waals surface area contributed by atoms with Crippen molar-refractivity contribution in [2.75, 3.05) is 13.6 Å². The SMILES string of the molecule is CN=C(NCCc1cnn(C)c1)NCc1cc(Cl)c(Cl)n1C.I. The minimum absolute atomic E-state index is 0. The normalized spacial score (nSPS) is 11.3. The fourth-order valence-corrected chi connectivity index (χ4v) is 2.50. The average molecular weight is 471 g/mol. The first kappa shape index (κ1) is 20.1. The quantitative estimate of drug-likeness (QED) is 0.401. The molecule has 128 valence electrons. The third-order valence-electron chi connectivity index (χ3n) is 3.34. The Morgan fingerprint density at radius 2 is 2.04 bits per heavy atom. The highest BCUT2D eigenvalue weighted by Crippen LogP contribution is 2.24. The number of aromatic nitrogens is 3. The number of nitrogens with one attached hydrogen (secondary N) is 2. The summed E-state index contributed by atoms with van der Waals surface area (Å²) in [4.78, 5) is 4.20. The van der Waals surface area contributed by atoms with Gasteiger partial charge in [0.05, 0.1) is 17.8 Å². The number of aliphatic imine (C=N–C) groups is 1. The maximum atomic E-state index is 6.05. The number of halogens is 3. The molecule has 0 spiro atoms. The molecule has 0 unspecified atom stereocenters. The summed E-state index contributed by atoms with van der Waals surface area (Å²) in [5.41, 5.74) is 2.18. The highest BCUT2D eigenvalue weighted by atomic mass is 127. The Bertz CT molecular complexity index is 664. The maximum Gasteiger partial charge on any atom is 0.191 e. The number of hydrogen-bond acceptors (Lipinski definition) is 2. The van der Waals surface area contributed by atoms with E-state index in [-0.39, 0.29) is 24.0 Å². The summed E-state index contributed by atoms with van der Waals surface area (Å²) < 4.78 is 3.64. The fraction of sp³-hybridized carbons (Fsp3) is 0.429. The van der Waals surface area contributed by atoms with E-state index in [1.165, 1.54) is 5.56 Å². The smallest absolute Gasteiger partial charge is 0.191 e. The van der Waals surface area contributed by atoms with Gasteiger partial charge in [0.25, 0.3) is 0 Å². The highest BCUT2D eigenvalue weighted by molar-refractivity contribution is 14.0. The van der Waals surface area contributed by atoms with E-state index in [4.69, 9.17) is 23.2 Å². The molecule has 0 amide bonds. The molecule has 0 atom stereocenters. The Labute approximate surface area is 163 Å². The Hall–Kier alpha value is -0.930. The summed E-state index contributed by atoms with van der Waals surface area (Å²) in [7, 11) is 5.53. The van der Waals surface area contributed by atoms with Crippen LogP contribution < -0.4 is 10.6 Å². The monoisotopic (exact) mass is 470 g/mol. The van der Waals surface area contributed by atoms with E-state index in [0.717, 1.165) is 24.6 Å². The van der Waals surface area contributed by atoms with Gasteiger partial charge in [0.2, 0.25) is 0 Å². The van der Waals surface area contributed by atoms with Crippen LogP contribution in [0.25, 0.3) is 0 Å². The van der Waals surface area contributed by atoms with Crippen LogP contribution in [0, 0.1) is 0 Å². The first-order chi connectivity index (χ1) is 10.5. The van der Waals surface area contributed by atoms with Gasteiger partial charge in [-0.15, -0.1) is 24.0 Å². The van der Waals surface area contributed by atoms with E-state index < -0.39 is 0 Å². The van der Waals surface area contributed by atoms with Crippen molar-refractivity contribution in [2.24, 2.45) is 19.1 Å². The van der Waals surface area contributed by atoms with Crippen LogP contribution in [-0.4, -0.2) is 33.9 Å². The summed E-state index contributed by atoms with van der Waals surface area (Å²) >= 11 is 12.1. The lowest BCUT2D eigenvalue weighted by atomic mass is 10.2. The minimum atomic E-state index is 0. The lowest BCUT2D eigenvalue weighted by Gasteiger charge is -2.12. The lowest BCUT2D eigenvalue weighted by Crippen LogP contribution is -2.38. The van der Waals surface area contributed by atoms with Gasteiger partial charge in [-0.25, -0.2) is 0 Å². The molecule has 6 nitrogen and oxygen atoms in total. The Morgan fingerprint density at radius 1 is 1.30 bits per heavy atom. The molecule has 23 heavy (non-hydrogen) atoms. The Kier molecular flexibility index (Phi) is 8.21. The topological polar surface area (TPSA) is 59.2 Å². The fourth-order valence-electron chi connectivity index (χ4n) is 2.08. The lowest BCUT2D eigenvalue weighted by molar-refractivity contribution is 0.745. The Balaban J connectivity index is 0.00000264. The van der Waals surface area contributed by atoms with Crippen LogP contribution in [0.2, 0.25) is 10.2 Å². The highest BCUT2D eigenvalue weighted by Gasteiger charge is 2.09. The van der Waals surface area contributed by atoms with Crippen molar-refractivity contribution in [1.29, 1.82) is 0 Å². The molecule has 0 aliphatic rings. The van der Waals surface area contributed by atoms with Crippen molar-refractivity contribution in [3.8, 4) is 0 Å². The molecule has 0 saturated heterocycles. The minimum Gasteiger partial charge on any atom is -0.356 e. The average Bonchev–Trinajstić information content (AvgIpc) is 3.02. The van der Waals surface area contributed by atoms with E-state index in [9.17, 15) is 0 Å². The second kappa shape index (κ2) is 9.39. The molecular formula is C14H21Cl2IN6. The van der Waals surface area contributed by atoms with Crippen LogP contribution in [0.4, 0.5) is 0 Å². The maximum absolute atomic E-state index is 6.05. The molecule has 0 aliphatic heterocycles. The van der Waals surface area contributed by atoms with Gasteiger partial charge in [-0.2, -0.15) is 5.10 Å². The second-order valence-electron chi connectivity index (χ2n) is 4.96. The number of hydrogen-bond donors (Lipinski definition) is 2. The van der Waals surface area contributed by atoms with Crippen LogP contribution in [0.1, 0.15) is 11.3 Å². The molecule has 0 fully saturated rings. The molecule has 2 aromatic heterocycles. The summed E-state index contributed by atoms with van der Waals surface area (Å²) in [6, 6.07) is 1.85. The van der Waals surface area contributed by atoms with Crippen molar-refractivity contribution in [1.82, 2.24) is 25.0 Å². The van der Waals surface area contributed by atoms with E-state index >= 15 is 0 Å². The molecule has 2 rings (SSSR count). The van der Waals surface area contributed by atoms with Gasteiger partial charge in [-0.3, -0.25) is 9.67 Å². The summed E-state index contributed by atoms with van der Waals surface area (Å²) in [5, 5.41) is 11.7. The summed E-state index contributed by atoms with van der Waals surface area (Å²) in [6.45, 7) is 1.37. The van der Waals surface area contributed by atoms with Crippen LogP contribution >= 0.6 is 47.2 Å². The number of nitrogens with zero attached hydrogens (tertiary/aromatic N) is 4. The molecule has 9 heteroatoms. The van der Waals surface area contributed by atoms with Gasteiger partial charge >= 0.3 is 0 Å². The molecule has 2 N–H and O–H groups in total. The van der Waals surface area contributed by atoms with Crippen molar-refractivity contribution in [2.45, 2.75) is 13.0 Å². The third kappa shape index (κ3) is 5.58. The zero-order valence-corrected chi connectivity index (χ0v) is 17.1. The van der Waals surface area contributed by atoms with Gasteiger partial charge in [0.1, 0.15) is 5.15 Å². The van der Waals surface area contributed by atoms with Gasteiger partial charge < -0.3 is 15.2 Å². The first-order valence-electron chi connectivity index (χ1n) is 6.93. The molecule has 0 aromatic carbocycles. The third-order valence-corrected chi connectivity index (χ3v) is 4.18. The first-order valence-corrected chi connectivity index (χ1v) is 7.68. The molecule has 0 aliphatic carbocycles. The van der Waals surface area contributed by atoms with Crippen molar-refractivity contribution >= 4 is 53.1 Å². The summed E-state index contributed by atoms with van der Waals surface area (Å²) in [6.07, 6.45) is 4.76. The molecule has 0 radical (unpaired) electrons. The number of guanidine groups is 1.